The van der Waals surface area contributed by atoms with Crippen LogP contribution in [0.1, 0.15) is 42.0 Å². The average molecular weight is 344 g/mol. The van der Waals surface area contributed by atoms with Crippen LogP contribution in [0.2, 0.25) is 0 Å². The summed E-state index contributed by atoms with van der Waals surface area (Å²) < 4.78 is 7.41. The summed E-state index contributed by atoms with van der Waals surface area (Å²) in [6.45, 7) is 8.52. The first kappa shape index (κ1) is 19.0. The Bertz CT molecular complexity index is 752. The summed E-state index contributed by atoms with van der Waals surface area (Å²) in [6, 6.07) is 5.88. The first-order valence-corrected chi connectivity index (χ1v) is 8.74. The summed E-state index contributed by atoms with van der Waals surface area (Å²) in [4.78, 5) is 18.6. The second-order valence-electron chi connectivity index (χ2n) is 6.02. The highest BCUT2D eigenvalue weighted by atomic mass is 16.5. The number of hydrogen-bond acceptors (Lipinski definition) is 4. The highest BCUT2D eigenvalue weighted by Crippen LogP contribution is 2.30. The molecule has 1 aromatic carbocycles. The summed E-state index contributed by atoms with van der Waals surface area (Å²) in [6.07, 6.45) is 1.01. The molecule has 0 aliphatic carbocycles. The molecule has 1 aliphatic rings. The van der Waals surface area contributed by atoms with Crippen molar-refractivity contribution < 1.29 is 9.53 Å². The number of carbonyl (C=O) groups is 1. The van der Waals surface area contributed by atoms with Crippen molar-refractivity contribution in [3.05, 3.63) is 35.2 Å². The van der Waals surface area contributed by atoms with Gasteiger partial charge in [-0.1, -0.05) is 13.8 Å². The Morgan fingerprint density at radius 2 is 2.00 bits per heavy atom. The molecule has 1 aliphatic heterocycles. The van der Waals surface area contributed by atoms with Gasteiger partial charge in [-0.2, -0.15) is 0 Å². The number of methoxy groups -OCH3 is 1. The number of nitrogens with two attached hydrogens (primary N) is 1. The molecule has 1 amide bonds. The third kappa shape index (κ3) is 3.85. The van der Waals surface area contributed by atoms with Crippen molar-refractivity contribution in [2.45, 2.75) is 40.3 Å². The lowest BCUT2D eigenvalue weighted by Gasteiger charge is -2.12. The highest BCUT2D eigenvalue weighted by Gasteiger charge is 2.25. The van der Waals surface area contributed by atoms with Crippen LogP contribution in [0.4, 0.5) is 0 Å². The molecule has 1 aromatic heterocycles. The van der Waals surface area contributed by atoms with E-state index < -0.39 is 5.91 Å². The Morgan fingerprint density at radius 1 is 1.28 bits per heavy atom. The van der Waals surface area contributed by atoms with Gasteiger partial charge in [0.1, 0.15) is 11.6 Å². The van der Waals surface area contributed by atoms with Gasteiger partial charge in [-0.25, -0.2) is 4.98 Å². The van der Waals surface area contributed by atoms with Crippen molar-refractivity contribution >= 4 is 5.91 Å². The quantitative estimate of drug-likeness (QED) is 0.929. The van der Waals surface area contributed by atoms with Crippen LogP contribution in [0.3, 0.4) is 0 Å². The maximum Gasteiger partial charge on any atom is 0.269 e. The minimum Gasteiger partial charge on any atom is -0.497 e. The summed E-state index contributed by atoms with van der Waals surface area (Å²) in [7, 11) is 3.70. The fraction of sp³-hybridized carbons (Fsp3) is 0.474. The molecule has 25 heavy (non-hydrogen) atoms. The zero-order valence-electron chi connectivity index (χ0n) is 15.8. The zero-order valence-corrected chi connectivity index (χ0v) is 15.8. The van der Waals surface area contributed by atoms with Crippen LogP contribution in [0.15, 0.2) is 18.2 Å². The molecular weight excluding hydrogens is 316 g/mol. The van der Waals surface area contributed by atoms with E-state index in [9.17, 15) is 4.79 Å². The van der Waals surface area contributed by atoms with Crippen molar-refractivity contribution in [3.8, 4) is 17.1 Å². The molecule has 0 atom stereocenters. The molecule has 0 bridgehead atoms. The maximum absolute atomic E-state index is 11.8. The van der Waals surface area contributed by atoms with Crippen molar-refractivity contribution in [2.75, 3.05) is 20.7 Å². The first-order valence-electron chi connectivity index (χ1n) is 8.74. The van der Waals surface area contributed by atoms with Gasteiger partial charge >= 0.3 is 0 Å². The molecule has 2 aromatic rings. The Balaban J connectivity index is 0.00000109. The van der Waals surface area contributed by atoms with Crippen LogP contribution in [0.5, 0.6) is 5.75 Å². The molecule has 0 saturated heterocycles. The topological polar surface area (TPSA) is 73.4 Å². The monoisotopic (exact) mass is 344 g/mol. The molecule has 0 fully saturated rings. The Labute approximate surface area is 149 Å². The van der Waals surface area contributed by atoms with Crippen LogP contribution in [0.25, 0.3) is 11.4 Å². The van der Waals surface area contributed by atoms with Crippen molar-refractivity contribution in [3.63, 3.8) is 0 Å². The van der Waals surface area contributed by atoms with E-state index in [-0.39, 0.29) is 0 Å². The van der Waals surface area contributed by atoms with Gasteiger partial charge in [0.15, 0.2) is 5.69 Å². The number of primary amides is 1. The summed E-state index contributed by atoms with van der Waals surface area (Å²) in [5.74, 6) is 1.15. The van der Waals surface area contributed by atoms with Crippen LogP contribution in [0, 0.1) is 6.92 Å². The van der Waals surface area contributed by atoms with Gasteiger partial charge in [0, 0.05) is 18.7 Å². The molecule has 2 N–H and O–H groups in total. The first-order chi connectivity index (χ1) is 12.0. The third-order valence-corrected chi connectivity index (χ3v) is 4.32. The molecule has 0 radical (unpaired) electrons. The molecule has 136 valence electrons. The minimum atomic E-state index is -0.471. The molecule has 6 nitrogen and oxygen atoms in total. The molecule has 2 heterocycles. The molecule has 0 unspecified atom stereocenters. The van der Waals surface area contributed by atoms with Gasteiger partial charge in [0.2, 0.25) is 0 Å². The van der Waals surface area contributed by atoms with E-state index in [0.29, 0.717) is 12.2 Å². The van der Waals surface area contributed by atoms with Crippen molar-refractivity contribution in [1.29, 1.82) is 0 Å². The van der Waals surface area contributed by atoms with E-state index in [4.69, 9.17) is 10.5 Å². The van der Waals surface area contributed by atoms with E-state index in [1.54, 1.807) is 7.11 Å². The van der Waals surface area contributed by atoms with E-state index in [0.717, 1.165) is 47.9 Å². The normalized spacial score (nSPS) is 14.1. The van der Waals surface area contributed by atoms with Gasteiger partial charge < -0.3 is 19.9 Å². The number of amides is 1. The van der Waals surface area contributed by atoms with Gasteiger partial charge in [0.05, 0.1) is 12.8 Å². The number of ether oxygens (including phenoxy) is 1. The van der Waals surface area contributed by atoms with Gasteiger partial charge in [-0.3, -0.25) is 4.79 Å². The predicted octanol–water partition coefficient (Wildman–Crippen LogP) is 2.83. The lowest BCUT2D eigenvalue weighted by molar-refractivity contribution is 0.0994. The fourth-order valence-corrected chi connectivity index (χ4v) is 3.14. The van der Waals surface area contributed by atoms with Crippen LogP contribution < -0.4 is 10.5 Å². The molecule has 6 heteroatoms. The lowest BCUT2D eigenvalue weighted by atomic mass is 10.1. The number of aromatic nitrogens is 2. The smallest absolute Gasteiger partial charge is 0.269 e. The molecule has 3 rings (SSSR count). The highest BCUT2D eigenvalue weighted by molar-refractivity contribution is 5.93. The average Bonchev–Trinajstić information content (AvgIpc) is 2.83. The molecule has 0 saturated carbocycles. The number of fused-ring (bicyclic) bond motifs is 1. The second kappa shape index (κ2) is 8.16. The van der Waals surface area contributed by atoms with E-state index in [1.807, 2.05) is 46.0 Å². The number of aryl methyl sites for hydroxylation is 1. The summed E-state index contributed by atoms with van der Waals surface area (Å²) in [5.41, 5.74) is 8.90. The zero-order chi connectivity index (χ0) is 18.6. The minimum absolute atomic E-state index is 0.379. The molecular formula is C19H28N4O2. The van der Waals surface area contributed by atoms with Gasteiger partial charge in [-0.15, -0.1) is 0 Å². The largest absolute Gasteiger partial charge is 0.497 e. The number of nitrogens with zero attached hydrogens (tertiary/aromatic N) is 3. The number of imidazole rings is 1. The number of benzene rings is 1. The summed E-state index contributed by atoms with van der Waals surface area (Å²) in [5, 5.41) is 0. The number of rotatable bonds is 3. The lowest BCUT2D eigenvalue weighted by Crippen LogP contribution is -2.21. The van der Waals surface area contributed by atoms with Crippen LogP contribution >= 0.6 is 0 Å². The fourth-order valence-electron chi connectivity index (χ4n) is 3.14. The second-order valence-corrected chi connectivity index (χ2v) is 6.02. The number of carbonyl (C=O) groups excluding carboxylic acids is 1. The Kier molecular flexibility index (Phi) is 6.20. The standard InChI is InChI=1S/C17H22N4O2.C2H6/c1-11-9-12(23-3)5-6-13(11)17-19-15(16(18)22)14-10-20(2)7-4-8-21(14)17;1-2/h5-6,9H,4,7-8,10H2,1-3H3,(H2,18,22);1-2H3. The van der Waals surface area contributed by atoms with Crippen LogP contribution in [-0.2, 0) is 13.1 Å². The maximum atomic E-state index is 11.8. The van der Waals surface area contributed by atoms with Crippen molar-refractivity contribution in [2.24, 2.45) is 5.73 Å². The van der Waals surface area contributed by atoms with Gasteiger partial charge in [-0.05, 0) is 50.7 Å². The van der Waals surface area contributed by atoms with Crippen molar-refractivity contribution in [1.82, 2.24) is 14.5 Å². The van der Waals surface area contributed by atoms with Crippen LogP contribution in [-0.4, -0.2) is 41.1 Å². The number of hydrogen-bond donors (Lipinski definition) is 1. The Morgan fingerprint density at radius 3 is 2.60 bits per heavy atom. The van der Waals surface area contributed by atoms with E-state index in [2.05, 4.69) is 14.5 Å². The summed E-state index contributed by atoms with van der Waals surface area (Å²) >= 11 is 0. The van der Waals surface area contributed by atoms with E-state index >= 15 is 0 Å². The SMILES string of the molecule is CC.COc1ccc(-c2nc(C(N)=O)c3n2CCCN(C)C3)c(C)c1. The molecule has 0 spiro atoms. The predicted molar refractivity (Wildman–Crippen MR) is 99.8 cm³/mol. The Hall–Kier alpha value is -2.34. The van der Waals surface area contributed by atoms with E-state index in [1.165, 1.54) is 0 Å². The van der Waals surface area contributed by atoms with Gasteiger partial charge in [0.25, 0.3) is 5.91 Å². The third-order valence-electron chi connectivity index (χ3n) is 4.32.